The van der Waals surface area contributed by atoms with Crippen LogP contribution in [0, 0.1) is 11.7 Å². The van der Waals surface area contributed by atoms with Gasteiger partial charge < -0.3 is 14.9 Å². The predicted octanol–water partition coefficient (Wildman–Crippen LogP) is 4.41. The SMILES string of the molecule is COc1ccc(CCC(C)CC(O)(C(=O)O)C(C)c2ccccc2)cc1F. The molecule has 0 spiro atoms. The number of carboxylic acid groups (broad SMARTS) is 1. The van der Waals surface area contributed by atoms with Crippen LogP contribution >= 0.6 is 0 Å². The van der Waals surface area contributed by atoms with Gasteiger partial charge in [-0.1, -0.05) is 50.2 Å². The van der Waals surface area contributed by atoms with Crippen LogP contribution in [0.1, 0.15) is 43.7 Å². The van der Waals surface area contributed by atoms with Gasteiger partial charge in [-0.25, -0.2) is 9.18 Å². The number of halogens is 1. The van der Waals surface area contributed by atoms with Crippen molar-refractivity contribution >= 4 is 5.97 Å². The lowest BCUT2D eigenvalue weighted by molar-refractivity contribution is -0.163. The fraction of sp³-hybridized carbons (Fsp3) is 0.409. The van der Waals surface area contributed by atoms with Crippen molar-refractivity contribution in [3.63, 3.8) is 0 Å². The molecule has 0 saturated heterocycles. The molecule has 0 aliphatic rings. The Hall–Kier alpha value is -2.40. The minimum absolute atomic E-state index is 0.0533. The number of aliphatic carboxylic acids is 1. The summed E-state index contributed by atoms with van der Waals surface area (Å²) in [5, 5.41) is 20.6. The molecule has 2 rings (SSSR count). The summed E-state index contributed by atoms with van der Waals surface area (Å²) >= 11 is 0. The zero-order chi connectivity index (χ0) is 20.0. The van der Waals surface area contributed by atoms with Crippen LogP contribution in [0.5, 0.6) is 5.75 Å². The van der Waals surface area contributed by atoms with E-state index >= 15 is 0 Å². The number of ether oxygens (including phenoxy) is 1. The number of aryl methyl sites for hydroxylation is 1. The molecule has 0 aliphatic heterocycles. The molecular formula is C22H27FO4. The summed E-state index contributed by atoms with van der Waals surface area (Å²) in [7, 11) is 1.42. The molecule has 2 N–H and O–H groups in total. The van der Waals surface area contributed by atoms with E-state index in [0.717, 1.165) is 11.1 Å². The summed E-state index contributed by atoms with van der Waals surface area (Å²) in [6.07, 6.45) is 1.36. The molecule has 146 valence electrons. The van der Waals surface area contributed by atoms with Crippen LogP contribution in [0.3, 0.4) is 0 Å². The first-order chi connectivity index (χ1) is 12.8. The second-order valence-electron chi connectivity index (χ2n) is 7.18. The Morgan fingerprint density at radius 3 is 2.41 bits per heavy atom. The molecule has 4 nitrogen and oxygen atoms in total. The van der Waals surface area contributed by atoms with E-state index in [0.29, 0.717) is 12.8 Å². The maximum absolute atomic E-state index is 13.8. The Morgan fingerprint density at radius 1 is 1.19 bits per heavy atom. The first kappa shape index (κ1) is 20.9. The van der Waals surface area contributed by atoms with Gasteiger partial charge in [0, 0.05) is 5.92 Å². The zero-order valence-corrected chi connectivity index (χ0v) is 16.0. The van der Waals surface area contributed by atoms with Crippen molar-refractivity contribution in [2.75, 3.05) is 7.11 Å². The van der Waals surface area contributed by atoms with Gasteiger partial charge in [-0.05, 0) is 48.4 Å². The molecule has 0 amide bonds. The van der Waals surface area contributed by atoms with E-state index in [2.05, 4.69) is 0 Å². The van der Waals surface area contributed by atoms with Crippen LogP contribution in [0.25, 0.3) is 0 Å². The van der Waals surface area contributed by atoms with E-state index in [-0.39, 0.29) is 18.1 Å². The summed E-state index contributed by atoms with van der Waals surface area (Å²) in [6.45, 7) is 3.64. The van der Waals surface area contributed by atoms with Crippen molar-refractivity contribution in [2.45, 2.75) is 44.6 Å². The third kappa shape index (κ3) is 5.07. The van der Waals surface area contributed by atoms with Gasteiger partial charge in [-0.2, -0.15) is 0 Å². The molecule has 2 aromatic rings. The van der Waals surface area contributed by atoms with E-state index < -0.39 is 23.3 Å². The Labute approximate surface area is 159 Å². The van der Waals surface area contributed by atoms with Gasteiger partial charge in [0.05, 0.1) is 7.11 Å². The van der Waals surface area contributed by atoms with Crippen LogP contribution in [0.15, 0.2) is 48.5 Å². The van der Waals surface area contributed by atoms with Gasteiger partial charge in [0.2, 0.25) is 0 Å². The molecule has 2 aromatic carbocycles. The van der Waals surface area contributed by atoms with Crippen molar-refractivity contribution in [1.29, 1.82) is 0 Å². The lowest BCUT2D eigenvalue weighted by Crippen LogP contribution is -2.45. The first-order valence-electron chi connectivity index (χ1n) is 9.11. The van der Waals surface area contributed by atoms with Crippen LogP contribution in [-0.4, -0.2) is 28.9 Å². The van der Waals surface area contributed by atoms with E-state index in [1.54, 1.807) is 19.1 Å². The third-order valence-electron chi connectivity index (χ3n) is 5.19. The van der Waals surface area contributed by atoms with E-state index in [1.807, 2.05) is 37.3 Å². The number of hydrogen-bond donors (Lipinski definition) is 2. The quantitative estimate of drug-likeness (QED) is 0.682. The summed E-state index contributed by atoms with van der Waals surface area (Å²) < 4.78 is 18.7. The molecule has 0 radical (unpaired) electrons. The molecule has 0 bridgehead atoms. The highest BCUT2D eigenvalue weighted by atomic mass is 19.1. The van der Waals surface area contributed by atoms with Crippen molar-refractivity contribution in [2.24, 2.45) is 5.92 Å². The van der Waals surface area contributed by atoms with E-state index in [1.165, 1.54) is 13.2 Å². The number of carboxylic acids is 1. The lowest BCUT2D eigenvalue weighted by Gasteiger charge is -2.32. The summed E-state index contributed by atoms with van der Waals surface area (Å²) in [6, 6.07) is 14.0. The van der Waals surface area contributed by atoms with Crippen LogP contribution in [0.2, 0.25) is 0 Å². The number of carbonyl (C=O) groups is 1. The number of rotatable bonds is 9. The Balaban J connectivity index is 2.05. The zero-order valence-electron chi connectivity index (χ0n) is 16.0. The van der Waals surface area contributed by atoms with Gasteiger partial charge in [-0.3, -0.25) is 0 Å². The lowest BCUT2D eigenvalue weighted by atomic mass is 9.77. The standard InChI is InChI=1S/C22H27FO4/c1-15(9-10-17-11-12-20(27-3)19(23)13-17)14-22(26,21(24)25)16(2)18-7-5-4-6-8-18/h4-8,11-13,15-16,26H,9-10,14H2,1-3H3,(H,24,25). The highest BCUT2D eigenvalue weighted by Gasteiger charge is 2.43. The largest absolute Gasteiger partial charge is 0.494 e. The van der Waals surface area contributed by atoms with Gasteiger partial charge in [-0.15, -0.1) is 0 Å². The monoisotopic (exact) mass is 374 g/mol. The predicted molar refractivity (Wildman–Crippen MR) is 102 cm³/mol. The highest BCUT2D eigenvalue weighted by Crippen LogP contribution is 2.35. The fourth-order valence-electron chi connectivity index (χ4n) is 3.38. The maximum Gasteiger partial charge on any atom is 0.336 e. The number of hydrogen-bond acceptors (Lipinski definition) is 3. The molecule has 0 aliphatic carbocycles. The molecule has 0 fully saturated rings. The minimum Gasteiger partial charge on any atom is -0.494 e. The summed E-state index contributed by atoms with van der Waals surface area (Å²) in [4.78, 5) is 11.8. The van der Waals surface area contributed by atoms with Crippen LogP contribution in [-0.2, 0) is 11.2 Å². The summed E-state index contributed by atoms with van der Waals surface area (Å²) in [5.74, 6) is -2.04. The number of benzene rings is 2. The smallest absolute Gasteiger partial charge is 0.336 e. The Kier molecular flexibility index (Phi) is 6.97. The molecular weight excluding hydrogens is 347 g/mol. The molecule has 3 unspecified atom stereocenters. The van der Waals surface area contributed by atoms with Crippen LogP contribution in [0.4, 0.5) is 4.39 Å². The van der Waals surface area contributed by atoms with Crippen molar-refractivity contribution in [3.05, 3.63) is 65.5 Å². The van der Waals surface area contributed by atoms with Gasteiger partial charge >= 0.3 is 5.97 Å². The molecule has 0 heterocycles. The van der Waals surface area contributed by atoms with Gasteiger partial charge in [0.1, 0.15) is 0 Å². The normalized spacial score (nSPS) is 15.6. The number of methoxy groups -OCH3 is 1. The van der Waals surface area contributed by atoms with Crippen LogP contribution < -0.4 is 4.74 Å². The van der Waals surface area contributed by atoms with Gasteiger partial charge in [0.25, 0.3) is 0 Å². The fourth-order valence-corrected chi connectivity index (χ4v) is 3.38. The summed E-state index contributed by atoms with van der Waals surface area (Å²) in [5.41, 5.74) is -0.256. The molecule has 27 heavy (non-hydrogen) atoms. The number of aliphatic hydroxyl groups is 1. The average molecular weight is 374 g/mol. The third-order valence-corrected chi connectivity index (χ3v) is 5.19. The van der Waals surface area contributed by atoms with Gasteiger partial charge in [0.15, 0.2) is 17.2 Å². The van der Waals surface area contributed by atoms with Crippen molar-refractivity contribution in [1.82, 2.24) is 0 Å². The second kappa shape index (κ2) is 9.00. The van der Waals surface area contributed by atoms with E-state index in [4.69, 9.17) is 4.74 Å². The minimum atomic E-state index is -1.86. The average Bonchev–Trinajstić information content (AvgIpc) is 2.66. The molecule has 0 saturated carbocycles. The molecule has 0 aromatic heterocycles. The first-order valence-corrected chi connectivity index (χ1v) is 9.11. The maximum atomic E-state index is 13.8. The molecule has 3 atom stereocenters. The van der Waals surface area contributed by atoms with Crippen molar-refractivity contribution in [3.8, 4) is 5.75 Å². The highest BCUT2D eigenvalue weighted by molar-refractivity contribution is 5.78. The molecule has 5 heteroatoms. The second-order valence-corrected chi connectivity index (χ2v) is 7.18. The van der Waals surface area contributed by atoms with Crippen molar-refractivity contribution < 1.29 is 24.1 Å². The Morgan fingerprint density at radius 2 is 1.85 bits per heavy atom. The van der Waals surface area contributed by atoms with E-state index in [9.17, 15) is 19.4 Å². The Bertz CT molecular complexity index is 762. The topological polar surface area (TPSA) is 66.8 Å².